The summed E-state index contributed by atoms with van der Waals surface area (Å²) in [5.41, 5.74) is 1.36. The highest BCUT2D eigenvalue weighted by Gasteiger charge is 2.36. The number of carbonyl (C=O) groups is 1. The van der Waals surface area contributed by atoms with Gasteiger partial charge in [-0.05, 0) is 41.2 Å². The molecule has 0 N–H and O–H groups in total. The number of carbonyl (C=O) groups excluding carboxylic acids is 1. The summed E-state index contributed by atoms with van der Waals surface area (Å²) in [5.74, 6) is 0.873. The Kier molecular flexibility index (Phi) is 5.24. The van der Waals surface area contributed by atoms with Crippen molar-refractivity contribution >= 4 is 5.91 Å². The molecule has 1 aromatic carbocycles. The molecule has 0 aliphatic carbocycles. The molecule has 2 unspecified atom stereocenters. The van der Waals surface area contributed by atoms with Crippen molar-refractivity contribution in [1.82, 2.24) is 30.0 Å². The average molecular weight is 354 g/mol. The van der Waals surface area contributed by atoms with E-state index >= 15 is 0 Å². The SMILES string of the molecule is O=C(CCCn1cnnn1)N1CC2CCC(C1)N(Cc1ccccc1)C2. The summed E-state index contributed by atoms with van der Waals surface area (Å²) in [6, 6.07) is 11.1. The number of aryl methyl sites for hydroxylation is 1. The predicted molar refractivity (Wildman–Crippen MR) is 97.0 cm³/mol. The van der Waals surface area contributed by atoms with Gasteiger partial charge in [0.2, 0.25) is 5.91 Å². The molecule has 2 atom stereocenters. The highest BCUT2D eigenvalue weighted by atomic mass is 16.2. The zero-order valence-corrected chi connectivity index (χ0v) is 15.1. The van der Waals surface area contributed by atoms with E-state index in [0.29, 0.717) is 24.9 Å². The molecular formula is C19H26N6O. The van der Waals surface area contributed by atoms with E-state index in [-0.39, 0.29) is 5.91 Å². The third-order valence-corrected chi connectivity index (χ3v) is 5.58. The Morgan fingerprint density at radius 1 is 1.12 bits per heavy atom. The number of hydrogen-bond donors (Lipinski definition) is 0. The lowest BCUT2D eigenvalue weighted by molar-refractivity contribution is -0.131. The molecule has 0 saturated carbocycles. The lowest BCUT2D eigenvalue weighted by Crippen LogP contribution is -2.43. The van der Waals surface area contributed by atoms with Gasteiger partial charge in [0.15, 0.2) is 0 Å². The lowest BCUT2D eigenvalue weighted by atomic mass is 9.94. The van der Waals surface area contributed by atoms with Crippen LogP contribution >= 0.6 is 0 Å². The number of amides is 1. The highest BCUT2D eigenvalue weighted by molar-refractivity contribution is 5.76. The molecule has 3 saturated heterocycles. The Morgan fingerprint density at radius 3 is 2.81 bits per heavy atom. The van der Waals surface area contributed by atoms with E-state index in [9.17, 15) is 4.79 Å². The van der Waals surface area contributed by atoms with Crippen LogP contribution in [-0.2, 0) is 17.9 Å². The smallest absolute Gasteiger partial charge is 0.222 e. The Labute approximate surface area is 154 Å². The molecule has 5 rings (SSSR count). The molecular weight excluding hydrogens is 328 g/mol. The second kappa shape index (κ2) is 7.95. The van der Waals surface area contributed by atoms with Crippen LogP contribution in [0.25, 0.3) is 0 Å². The molecule has 7 nitrogen and oxygen atoms in total. The zero-order valence-electron chi connectivity index (χ0n) is 15.1. The summed E-state index contributed by atoms with van der Waals surface area (Å²) in [5, 5.41) is 11.1. The molecule has 26 heavy (non-hydrogen) atoms. The maximum Gasteiger partial charge on any atom is 0.222 e. The summed E-state index contributed by atoms with van der Waals surface area (Å²) < 4.78 is 1.68. The van der Waals surface area contributed by atoms with Gasteiger partial charge in [0.05, 0.1) is 0 Å². The molecule has 3 fully saturated rings. The number of aromatic nitrogens is 4. The minimum Gasteiger partial charge on any atom is -0.341 e. The fourth-order valence-electron chi connectivity index (χ4n) is 4.23. The van der Waals surface area contributed by atoms with E-state index < -0.39 is 0 Å². The van der Waals surface area contributed by atoms with Crippen LogP contribution in [0.2, 0.25) is 0 Å². The van der Waals surface area contributed by atoms with Crippen molar-refractivity contribution in [1.29, 1.82) is 0 Å². The first kappa shape index (κ1) is 17.1. The van der Waals surface area contributed by atoms with Crippen molar-refractivity contribution in [2.45, 2.75) is 44.8 Å². The third kappa shape index (κ3) is 4.09. The summed E-state index contributed by atoms with van der Waals surface area (Å²) in [6.07, 6.45) is 5.38. The van der Waals surface area contributed by atoms with Gasteiger partial charge in [0.1, 0.15) is 6.33 Å². The van der Waals surface area contributed by atoms with E-state index in [4.69, 9.17) is 0 Å². The minimum atomic E-state index is 0.275. The Morgan fingerprint density at radius 2 is 2.00 bits per heavy atom. The maximum absolute atomic E-state index is 12.7. The van der Waals surface area contributed by atoms with Crippen LogP contribution in [0.4, 0.5) is 0 Å². The monoisotopic (exact) mass is 354 g/mol. The van der Waals surface area contributed by atoms with Crippen molar-refractivity contribution in [2.75, 3.05) is 19.6 Å². The van der Waals surface area contributed by atoms with Gasteiger partial charge in [-0.15, -0.1) is 5.10 Å². The molecule has 2 aromatic rings. The van der Waals surface area contributed by atoms with Crippen LogP contribution in [0.1, 0.15) is 31.2 Å². The van der Waals surface area contributed by atoms with E-state index in [0.717, 1.165) is 32.6 Å². The van der Waals surface area contributed by atoms with Crippen LogP contribution in [0.15, 0.2) is 36.7 Å². The maximum atomic E-state index is 12.7. The summed E-state index contributed by atoms with van der Waals surface area (Å²) in [4.78, 5) is 17.4. The molecule has 7 heteroatoms. The van der Waals surface area contributed by atoms with Gasteiger partial charge < -0.3 is 4.90 Å². The average Bonchev–Trinajstić information content (AvgIpc) is 3.01. The molecule has 3 aliphatic heterocycles. The van der Waals surface area contributed by atoms with Gasteiger partial charge in [-0.3, -0.25) is 9.69 Å². The number of hydrogen-bond acceptors (Lipinski definition) is 5. The van der Waals surface area contributed by atoms with E-state index in [1.54, 1.807) is 11.0 Å². The van der Waals surface area contributed by atoms with Crippen molar-refractivity contribution in [3.63, 3.8) is 0 Å². The molecule has 4 heterocycles. The Bertz CT molecular complexity index is 704. The molecule has 0 radical (unpaired) electrons. The zero-order chi connectivity index (χ0) is 17.8. The first-order valence-electron chi connectivity index (χ1n) is 9.54. The van der Waals surface area contributed by atoms with Gasteiger partial charge in [-0.25, -0.2) is 4.68 Å². The molecule has 1 amide bonds. The van der Waals surface area contributed by atoms with Crippen molar-refractivity contribution < 1.29 is 4.79 Å². The first-order valence-corrected chi connectivity index (χ1v) is 9.54. The number of rotatable bonds is 6. The molecule has 1 aromatic heterocycles. The molecule has 138 valence electrons. The fraction of sp³-hybridized carbons (Fsp3) is 0.579. The van der Waals surface area contributed by atoms with Gasteiger partial charge in [0.25, 0.3) is 0 Å². The largest absolute Gasteiger partial charge is 0.341 e. The number of piperidine rings is 1. The van der Waals surface area contributed by atoms with Gasteiger partial charge in [0, 0.05) is 45.2 Å². The van der Waals surface area contributed by atoms with Crippen LogP contribution in [-0.4, -0.2) is 61.6 Å². The number of benzene rings is 1. The Balaban J connectivity index is 1.32. The molecule has 3 aliphatic rings. The number of tetrazole rings is 1. The quantitative estimate of drug-likeness (QED) is 0.788. The normalized spacial score (nSPS) is 23.2. The minimum absolute atomic E-state index is 0.275. The summed E-state index contributed by atoms with van der Waals surface area (Å²) in [6.45, 7) is 4.56. The first-order chi connectivity index (χ1) is 12.8. The second-order valence-corrected chi connectivity index (χ2v) is 7.49. The highest BCUT2D eigenvalue weighted by Crippen LogP contribution is 2.29. The Hall–Kier alpha value is -2.28. The van der Waals surface area contributed by atoms with Crippen molar-refractivity contribution in [3.05, 3.63) is 42.2 Å². The second-order valence-electron chi connectivity index (χ2n) is 7.49. The number of nitrogens with zero attached hydrogens (tertiary/aromatic N) is 6. The van der Waals surface area contributed by atoms with E-state index in [1.165, 1.54) is 18.4 Å². The van der Waals surface area contributed by atoms with Crippen LogP contribution in [0, 0.1) is 5.92 Å². The van der Waals surface area contributed by atoms with E-state index in [2.05, 4.69) is 55.7 Å². The van der Waals surface area contributed by atoms with Crippen LogP contribution in [0.3, 0.4) is 0 Å². The van der Waals surface area contributed by atoms with Gasteiger partial charge >= 0.3 is 0 Å². The third-order valence-electron chi connectivity index (χ3n) is 5.58. The topological polar surface area (TPSA) is 67.2 Å². The molecule has 0 spiro atoms. The fourth-order valence-corrected chi connectivity index (χ4v) is 4.23. The van der Waals surface area contributed by atoms with Gasteiger partial charge in [-0.1, -0.05) is 30.3 Å². The van der Waals surface area contributed by atoms with Gasteiger partial charge in [-0.2, -0.15) is 0 Å². The standard InChI is InChI=1S/C19H26N6O/c26-19(7-4-10-25-15-20-21-22-25)24-13-17-8-9-18(14-24)23(12-17)11-16-5-2-1-3-6-16/h1-3,5-6,15,17-18H,4,7-14H2. The number of fused-ring (bicyclic) bond motifs is 4. The van der Waals surface area contributed by atoms with Crippen molar-refractivity contribution in [3.8, 4) is 0 Å². The van der Waals surface area contributed by atoms with E-state index in [1.807, 2.05) is 0 Å². The van der Waals surface area contributed by atoms with Crippen LogP contribution in [0.5, 0.6) is 0 Å². The summed E-state index contributed by atoms with van der Waals surface area (Å²) in [7, 11) is 0. The molecule has 2 bridgehead atoms. The predicted octanol–water partition coefficient (Wildman–Crippen LogP) is 1.58. The van der Waals surface area contributed by atoms with Crippen LogP contribution < -0.4 is 0 Å². The summed E-state index contributed by atoms with van der Waals surface area (Å²) >= 11 is 0. The van der Waals surface area contributed by atoms with Crippen molar-refractivity contribution in [2.24, 2.45) is 5.92 Å². The lowest BCUT2D eigenvalue weighted by Gasteiger charge is -2.36.